The van der Waals surface area contributed by atoms with Gasteiger partial charge < -0.3 is 0 Å². The molecule has 0 saturated heterocycles. The van der Waals surface area contributed by atoms with Gasteiger partial charge in [0.2, 0.25) is 0 Å². The Hall–Kier alpha value is -1.98. The van der Waals surface area contributed by atoms with Crippen LogP contribution >= 0.6 is 22.9 Å². The molecule has 0 radical (unpaired) electrons. The summed E-state index contributed by atoms with van der Waals surface area (Å²) < 4.78 is 13.7. The molecule has 1 N–H and O–H groups in total. The van der Waals surface area contributed by atoms with Crippen LogP contribution in [-0.4, -0.2) is 10.9 Å². The van der Waals surface area contributed by atoms with E-state index in [1.54, 1.807) is 18.2 Å². The summed E-state index contributed by atoms with van der Waals surface area (Å²) in [5, 5.41) is 3.80. The summed E-state index contributed by atoms with van der Waals surface area (Å²) >= 11 is 7.24. The van der Waals surface area contributed by atoms with Crippen LogP contribution in [0.4, 0.5) is 9.52 Å². The van der Waals surface area contributed by atoms with Crippen molar-refractivity contribution in [2.45, 2.75) is 0 Å². The molecule has 1 amide bonds. The second kappa shape index (κ2) is 5.19. The number of carbonyl (C=O) groups excluding carboxylic acids is 1. The number of rotatable bonds is 2. The highest BCUT2D eigenvalue weighted by Gasteiger charge is 2.10. The van der Waals surface area contributed by atoms with Crippen LogP contribution in [0.15, 0.2) is 42.5 Å². The number of hydrogen-bond donors (Lipinski definition) is 1. The topological polar surface area (TPSA) is 42.0 Å². The normalized spacial score (nSPS) is 10.7. The molecule has 0 spiro atoms. The van der Waals surface area contributed by atoms with Crippen molar-refractivity contribution in [3.63, 3.8) is 0 Å². The van der Waals surface area contributed by atoms with E-state index < -0.39 is 0 Å². The molecule has 3 rings (SSSR count). The fraction of sp³-hybridized carbons (Fsp3) is 0. The molecule has 0 aliphatic rings. The van der Waals surface area contributed by atoms with Crippen molar-refractivity contribution < 1.29 is 9.18 Å². The van der Waals surface area contributed by atoms with Crippen molar-refractivity contribution >= 4 is 44.2 Å². The van der Waals surface area contributed by atoms with E-state index in [9.17, 15) is 9.18 Å². The predicted molar refractivity (Wildman–Crippen MR) is 79.0 cm³/mol. The minimum absolute atomic E-state index is 0.324. The third-order valence-corrected chi connectivity index (χ3v) is 3.85. The van der Waals surface area contributed by atoms with Gasteiger partial charge in [-0.1, -0.05) is 22.9 Å². The van der Waals surface area contributed by atoms with Gasteiger partial charge in [-0.15, -0.1) is 0 Å². The summed E-state index contributed by atoms with van der Waals surface area (Å²) in [5.74, 6) is -0.702. The van der Waals surface area contributed by atoms with Crippen molar-refractivity contribution in [2.75, 3.05) is 5.32 Å². The zero-order chi connectivity index (χ0) is 14.1. The van der Waals surface area contributed by atoms with Crippen molar-refractivity contribution in [1.29, 1.82) is 0 Å². The molecular formula is C14H8ClFN2OS. The Labute approximate surface area is 123 Å². The van der Waals surface area contributed by atoms with E-state index >= 15 is 0 Å². The van der Waals surface area contributed by atoms with Crippen LogP contribution < -0.4 is 5.32 Å². The smallest absolute Gasteiger partial charge is 0.257 e. The molecule has 6 heteroatoms. The van der Waals surface area contributed by atoms with Crippen LogP contribution in [0, 0.1) is 5.82 Å². The lowest BCUT2D eigenvalue weighted by molar-refractivity contribution is 0.102. The molecule has 0 unspecified atom stereocenters. The van der Waals surface area contributed by atoms with Gasteiger partial charge in [0, 0.05) is 10.6 Å². The molecule has 0 atom stereocenters. The van der Waals surface area contributed by atoms with E-state index in [4.69, 9.17) is 11.6 Å². The summed E-state index contributed by atoms with van der Waals surface area (Å²) in [6.45, 7) is 0. The first-order chi connectivity index (χ1) is 9.61. The van der Waals surface area contributed by atoms with Gasteiger partial charge in [-0.25, -0.2) is 9.37 Å². The highest BCUT2D eigenvalue weighted by molar-refractivity contribution is 7.22. The first-order valence-electron chi connectivity index (χ1n) is 5.75. The number of nitrogens with zero attached hydrogens (tertiary/aromatic N) is 1. The van der Waals surface area contributed by atoms with Gasteiger partial charge in [-0.05, 0) is 42.5 Å². The third-order valence-electron chi connectivity index (χ3n) is 2.68. The Balaban J connectivity index is 1.85. The lowest BCUT2D eigenvalue weighted by Gasteiger charge is -2.00. The molecule has 0 aliphatic carbocycles. The predicted octanol–water partition coefficient (Wildman–Crippen LogP) is 4.34. The van der Waals surface area contributed by atoms with Gasteiger partial charge in [0.15, 0.2) is 5.13 Å². The molecule has 1 heterocycles. The Morgan fingerprint density at radius 3 is 2.70 bits per heavy atom. The highest BCUT2D eigenvalue weighted by Crippen LogP contribution is 2.28. The van der Waals surface area contributed by atoms with Gasteiger partial charge >= 0.3 is 0 Å². The van der Waals surface area contributed by atoms with Crippen molar-refractivity contribution in [3.8, 4) is 0 Å². The number of anilines is 1. The van der Waals surface area contributed by atoms with Crippen LogP contribution in [0.5, 0.6) is 0 Å². The molecule has 0 fully saturated rings. The van der Waals surface area contributed by atoms with Gasteiger partial charge in [0.1, 0.15) is 5.82 Å². The standard InChI is InChI=1S/C14H8ClFN2OS/c15-9-3-6-11-12(7-9)20-14(17-11)18-13(19)8-1-4-10(16)5-2-8/h1-7H,(H,17,18,19). The summed E-state index contributed by atoms with van der Waals surface area (Å²) in [4.78, 5) is 16.3. The molecule has 2 aromatic carbocycles. The number of amides is 1. The molecule has 1 aromatic heterocycles. The minimum atomic E-state index is -0.379. The molecule has 20 heavy (non-hydrogen) atoms. The van der Waals surface area contributed by atoms with Crippen LogP contribution in [0.3, 0.4) is 0 Å². The number of nitrogens with one attached hydrogen (secondary N) is 1. The molecule has 3 aromatic rings. The van der Waals surface area contributed by atoms with Crippen molar-refractivity contribution in [1.82, 2.24) is 4.98 Å². The van der Waals surface area contributed by atoms with E-state index in [0.717, 1.165) is 10.2 Å². The molecule has 0 bridgehead atoms. The fourth-order valence-electron chi connectivity index (χ4n) is 1.72. The zero-order valence-electron chi connectivity index (χ0n) is 10.1. The second-order valence-electron chi connectivity index (χ2n) is 4.09. The number of halogens is 2. The van der Waals surface area contributed by atoms with Crippen molar-refractivity contribution in [2.24, 2.45) is 0 Å². The highest BCUT2D eigenvalue weighted by atomic mass is 35.5. The van der Waals surface area contributed by atoms with Gasteiger partial charge in [0.25, 0.3) is 5.91 Å². The Bertz CT molecular complexity index is 785. The number of thiazole rings is 1. The third kappa shape index (κ3) is 2.64. The van der Waals surface area contributed by atoms with E-state index in [2.05, 4.69) is 10.3 Å². The van der Waals surface area contributed by atoms with Crippen molar-refractivity contribution in [3.05, 3.63) is 58.9 Å². The summed E-state index contributed by atoms with van der Waals surface area (Å²) in [6, 6.07) is 10.7. The summed E-state index contributed by atoms with van der Waals surface area (Å²) in [5.41, 5.74) is 1.15. The Morgan fingerprint density at radius 1 is 1.20 bits per heavy atom. The minimum Gasteiger partial charge on any atom is -0.298 e. The second-order valence-corrected chi connectivity index (χ2v) is 5.56. The quantitative estimate of drug-likeness (QED) is 0.765. The maximum atomic E-state index is 12.8. The summed E-state index contributed by atoms with van der Waals surface area (Å²) in [7, 11) is 0. The van der Waals surface area contributed by atoms with Gasteiger partial charge in [-0.3, -0.25) is 10.1 Å². The molecule has 0 saturated carbocycles. The van der Waals surface area contributed by atoms with Gasteiger partial charge in [-0.2, -0.15) is 0 Å². The van der Waals surface area contributed by atoms with Crippen LogP contribution in [0.2, 0.25) is 5.02 Å². The number of fused-ring (bicyclic) bond motifs is 1. The number of aromatic nitrogens is 1. The number of hydrogen-bond acceptors (Lipinski definition) is 3. The van der Waals surface area contributed by atoms with Crippen LogP contribution in [0.25, 0.3) is 10.2 Å². The monoisotopic (exact) mass is 306 g/mol. The maximum Gasteiger partial charge on any atom is 0.257 e. The van der Waals surface area contributed by atoms with E-state index in [1.807, 2.05) is 0 Å². The Morgan fingerprint density at radius 2 is 1.95 bits per heavy atom. The molecule has 100 valence electrons. The first kappa shape index (κ1) is 13.0. The first-order valence-corrected chi connectivity index (χ1v) is 6.94. The largest absolute Gasteiger partial charge is 0.298 e. The Kier molecular flexibility index (Phi) is 3.38. The lowest BCUT2D eigenvalue weighted by atomic mass is 10.2. The van der Waals surface area contributed by atoms with E-state index in [-0.39, 0.29) is 11.7 Å². The van der Waals surface area contributed by atoms with Gasteiger partial charge in [0.05, 0.1) is 10.2 Å². The van der Waals surface area contributed by atoms with Crippen LogP contribution in [0.1, 0.15) is 10.4 Å². The summed E-state index contributed by atoms with van der Waals surface area (Å²) in [6.07, 6.45) is 0. The lowest BCUT2D eigenvalue weighted by Crippen LogP contribution is -2.11. The number of carbonyl (C=O) groups is 1. The number of benzene rings is 2. The van der Waals surface area contributed by atoms with E-state index in [1.165, 1.54) is 35.6 Å². The SMILES string of the molecule is O=C(Nc1nc2ccc(Cl)cc2s1)c1ccc(F)cc1. The fourth-order valence-corrected chi connectivity index (χ4v) is 2.86. The van der Waals surface area contributed by atoms with E-state index in [0.29, 0.717) is 15.7 Å². The average molecular weight is 307 g/mol. The molecule has 0 aliphatic heterocycles. The molecular weight excluding hydrogens is 299 g/mol. The zero-order valence-corrected chi connectivity index (χ0v) is 11.6. The van der Waals surface area contributed by atoms with Crippen LogP contribution in [-0.2, 0) is 0 Å². The molecule has 3 nitrogen and oxygen atoms in total. The maximum absolute atomic E-state index is 12.8. The average Bonchev–Trinajstić information content (AvgIpc) is 2.80.